The third-order valence-electron chi connectivity index (χ3n) is 4.78. The molecule has 5 heteroatoms. The minimum absolute atomic E-state index is 0.0269. The highest BCUT2D eigenvalue weighted by Crippen LogP contribution is 2.09. The second-order valence-electron chi connectivity index (χ2n) is 6.57. The molecule has 2 amide bonds. The third kappa shape index (κ3) is 4.49. The maximum atomic E-state index is 12.4. The summed E-state index contributed by atoms with van der Waals surface area (Å²) in [6, 6.07) is 17.0. The highest BCUT2D eigenvalue weighted by molar-refractivity contribution is 5.95. The molecule has 0 unspecified atom stereocenters. The summed E-state index contributed by atoms with van der Waals surface area (Å²) >= 11 is 0. The Morgan fingerprint density at radius 3 is 2.27 bits per heavy atom. The number of amides is 2. The summed E-state index contributed by atoms with van der Waals surface area (Å²) < 4.78 is 0. The van der Waals surface area contributed by atoms with Crippen LogP contribution in [0.4, 0.5) is 0 Å². The van der Waals surface area contributed by atoms with Gasteiger partial charge in [0.2, 0.25) is 0 Å². The summed E-state index contributed by atoms with van der Waals surface area (Å²) in [6.45, 7) is 6.46. The van der Waals surface area contributed by atoms with Gasteiger partial charge < -0.3 is 10.2 Å². The van der Waals surface area contributed by atoms with Crippen molar-refractivity contribution in [3.05, 3.63) is 71.3 Å². The number of piperazine rings is 1. The van der Waals surface area contributed by atoms with E-state index in [0.717, 1.165) is 49.4 Å². The van der Waals surface area contributed by atoms with Crippen LogP contribution in [0.25, 0.3) is 0 Å². The summed E-state index contributed by atoms with van der Waals surface area (Å²) in [5.74, 6) is 0.0686. The van der Waals surface area contributed by atoms with Crippen LogP contribution in [0.2, 0.25) is 0 Å². The number of carbonyl (C=O) groups excluding carboxylic acids is 2. The van der Waals surface area contributed by atoms with Crippen molar-refractivity contribution in [1.82, 2.24) is 15.1 Å². The summed E-state index contributed by atoms with van der Waals surface area (Å²) in [5, 5.41) is 2.99. The molecule has 1 aliphatic heterocycles. The van der Waals surface area contributed by atoms with Crippen LogP contribution < -0.4 is 5.32 Å². The second kappa shape index (κ2) is 8.63. The van der Waals surface area contributed by atoms with Crippen molar-refractivity contribution in [3.8, 4) is 0 Å². The zero-order valence-corrected chi connectivity index (χ0v) is 15.1. The molecule has 0 spiro atoms. The van der Waals surface area contributed by atoms with Crippen LogP contribution >= 0.6 is 0 Å². The second-order valence-corrected chi connectivity index (χ2v) is 6.57. The van der Waals surface area contributed by atoms with Gasteiger partial charge in [0.1, 0.15) is 0 Å². The largest absolute Gasteiger partial charge is 0.351 e. The van der Waals surface area contributed by atoms with E-state index in [9.17, 15) is 9.59 Å². The maximum absolute atomic E-state index is 12.4. The zero-order chi connectivity index (χ0) is 18.4. The lowest BCUT2D eigenvalue weighted by atomic mass is 10.1. The first-order chi connectivity index (χ1) is 12.6. The SMILES string of the molecule is Cc1ccccc1C(=O)NCCN1CCN(C(=O)c2ccccc2)CC1. The topological polar surface area (TPSA) is 52.7 Å². The molecule has 0 saturated carbocycles. The average Bonchev–Trinajstić information content (AvgIpc) is 2.69. The maximum Gasteiger partial charge on any atom is 0.253 e. The lowest BCUT2D eigenvalue weighted by molar-refractivity contribution is 0.0638. The fourth-order valence-electron chi connectivity index (χ4n) is 3.19. The van der Waals surface area contributed by atoms with Gasteiger partial charge in [-0.1, -0.05) is 36.4 Å². The van der Waals surface area contributed by atoms with Gasteiger partial charge in [-0.05, 0) is 30.7 Å². The van der Waals surface area contributed by atoms with E-state index in [1.807, 2.05) is 66.4 Å². The molecule has 0 aromatic heterocycles. The number of hydrogen-bond donors (Lipinski definition) is 1. The molecule has 1 N–H and O–H groups in total. The molecule has 2 aromatic carbocycles. The zero-order valence-electron chi connectivity index (χ0n) is 15.1. The standard InChI is InChI=1S/C21H25N3O2/c1-17-7-5-6-10-19(17)20(25)22-11-12-23-13-15-24(16-14-23)21(26)18-8-3-2-4-9-18/h2-10H,11-16H2,1H3,(H,22,25). The van der Waals surface area contributed by atoms with Gasteiger partial charge in [-0.25, -0.2) is 0 Å². The molecule has 0 radical (unpaired) electrons. The van der Waals surface area contributed by atoms with E-state index >= 15 is 0 Å². The van der Waals surface area contributed by atoms with Gasteiger partial charge in [0.05, 0.1) is 0 Å². The van der Waals surface area contributed by atoms with Gasteiger partial charge in [-0.15, -0.1) is 0 Å². The van der Waals surface area contributed by atoms with Crippen LogP contribution in [0.1, 0.15) is 26.3 Å². The Labute approximate surface area is 154 Å². The van der Waals surface area contributed by atoms with E-state index in [1.54, 1.807) is 0 Å². The van der Waals surface area contributed by atoms with Crippen molar-refractivity contribution >= 4 is 11.8 Å². The van der Waals surface area contributed by atoms with Gasteiger partial charge >= 0.3 is 0 Å². The van der Waals surface area contributed by atoms with Crippen LogP contribution in [0.15, 0.2) is 54.6 Å². The minimum atomic E-state index is -0.0269. The molecule has 2 aromatic rings. The fourth-order valence-corrected chi connectivity index (χ4v) is 3.19. The normalized spacial score (nSPS) is 14.9. The quantitative estimate of drug-likeness (QED) is 0.898. The summed E-state index contributed by atoms with van der Waals surface area (Å²) in [5.41, 5.74) is 2.45. The number of rotatable bonds is 5. The molecule has 1 fully saturated rings. The molecule has 0 atom stereocenters. The highest BCUT2D eigenvalue weighted by Gasteiger charge is 2.21. The Morgan fingerprint density at radius 2 is 1.58 bits per heavy atom. The molecule has 136 valence electrons. The molecule has 26 heavy (non-hydrogen) atoms. The number of carbonyl (C=O) groups is 2. The van der Waals surface area contributed by atoms with E-state index in [2.05, 4.69) is 10.2 Å². The number of aryl methyl sites for hydroxylation is 1. The molecule has 1 saturated heterocycles. The van der Waals surface area contributed by atoms with Crippen molar-refractivity contribution < 1.29 is 9.59 Å². The molecular formula is C21H25N3O2. The first-order valence-electron chi connectivity index (χ1n) is 9.05. The van der Waals surface area contributed by atoms with Crippen molar-refractivity contribution in [2.75, 3.05) is 39.3 Å². The van der Waals surface area contributed by atoms with Gasteiger partial charge in [0.25, 0.3) is 11.8 Å². The number of hydrogen-bond acceptors (Lipinski definition) is 3. The molecule has 0 bridgehead atoms. The minimum Gasteiger partial charge on any atom is -0.351 e. The summed E-state index contributed by atoms with van der Waals surface area (Å²) in [6.07, 6.45) is 0. The van der Waals surface area contributed by atoms with Crippen molar-refractivity contribution in [2.45, 2.75) is 6.92 Å². The van der Waals surface area contributed by atoms with Crippen LogP contribution in [-0.2, 0) is 0 Å². The predicted octanol–water partition coefficient (Wildman–Crippen LogP) is 2.18. The molecule has 1 aliphatic rings. The molecule has 5 nitrogen and oxygen atoms in total. The van der Waals surface area contributed by atoms with E-state index in [0.29, 0.717) is 6.54 Å². The average molecular weight is 351 g/mol. The van der Waals surface area contributed by atoms with E-state index in [4.69, 9.17) is 0 Å². The van der Waals surface area contributed by atoms with Gasteiger partial charge in [0.15, 0.2) is 0 Å². The third-order valence-corrected chi connectivity index (χ3v) is 4.78. The van der Waals surface area contributed by atoms with Crippen molar-refractivity contribution in [1.29, 1.82) is 0 Å². The Hall–Kier alpha value is -2.66. The van der Waals surface area contributed by atoms with Crippen LogP contribution in [-0.4, -0.2) is 60.9 Å². The Balaban J connectivity index is 1.41. The van der Waals surface area contributed by atoms with Gasteiger partial charge in [-0.3, -0.25) is 14.5 Å². The predicted molar refractivity (Wildman–Crippen MR) is 102 cm³/mol. The number of nitrogens with one attached hydrogen (secondary N) is 1. The number of benzene rings is 2. The lowest BCUT2D eigenvalue weighted by Gasteiger charge is -2.34. The summed E-state index contributed by atoms with van der Waals surface area (Å²) in [4.78, 5) is 28.9. The fraction of sp³-hybridized carbons (Fsp3) is 0.333. The highest BCUT2D eigenvalue weighted by atomic mass is 16.2. The lowest BCUT2D eigenvalue weighted by Crippen LogP contribution is -2.50. The first-order valence-corrected chi connectivity index (χ1v) is 9.05. The first kappa shape index (κ1) is 18.1. The van der Waals surface area contributed by atoms with Crippen molar-refractivity contribution in [3.63, 3.8) is 0 Å². The Morgan fingerprint density at radius 1 is 0.923 bits per heavy atom. The molecule has 3 rings (SSSR count). The molecular weight excluding hydrogens is 326 g/mol. The monoisotopic (exact) mass is 351 g/mol. The molecule has 0 aliphatic carbocycles. The van der Waals surface area contributed by atoms with Crippen LogP contribution in [0.3, 0.4) is 0 Å². The van der Waals surface area contributed by atoms with Crippen molar-refractivity contribution in [2.24, 2.45) is 0 Å². The van der Waals surface area contributed by atoms with Crippen LogP contribution in [0, 0.1) is 6.92 Å². The van der Waals surface area contributed by atoms with E-state index in [1.165, 1.54) is 0 Å². The summed E-state index contributed by atoms with van der Waals surface area (Å²) in [7, 11) is 0. The van der Waals surface area contributed by atoms with Gasteiger partial charge in [-0.2, -0.15) is 0 Å². The smallest absolute Gasteiger partial charge is 0.253 e. The Bertz CT molecular complexity index is 753. The van der Waals surface area contributed by atoms with Crippen LogP contribution in [0.5, 0.6) is 0 Å². The van der Waals surface area contributed by atoms with Gasteiger partial charge in [0, 0.05) is 50.4 Å². The molecule has 1 heterocycles. The van der Waals surface area contributed by atoms with E-state index in [-0.39, 0.29) is 11.8 Å². The number of nitrogens with zero attached hydrogens (tertiary/aromatic N) is 2. The Kier molecular flexibility index (Phi) is 6.02. The van der Waals surface area contributed by atoms with E-state index < -0.39 is 0 Å².